The van der Waals surface area contributed by atoms with Gasteiger partial charge in [-0.25, -0.2) is 0 Å². The first kappa shape index (κ1) is 8.82. The van der Waals surface area contributed by atoms with E-state index in [-0.39, 0.29) is 0 Å². The molecule has 1 aromatic carbocycles. The van der Waals surface area contributed by atoms with E-state index in [0.29, 0.717) is 11.4 Å². The third-order valence-corrected chi connectivity index (χ3v) is 0.911. The van der Waals surface area contributed by atoms with Gasteiger partial charge in [0.25, 0.3) is 0 Å². The summed E-state index contributed by atoms with van der Waals surface area (Å²) in [4.78, 5) is 0. The Bertz CT molecular complexity index is 167. The van der Waals surface area contributed by atoms with E-state index in [1.54, 1.807) is 18.2 Å². The molecular weight excluding hydrogens is 124 g/mol. The lowest BCUT2D eigenvalue weighted by atomic mass is 10.3. The summed E-state index contributed by atoms with van der Waals surface area (Å²) in [5.74, 6) is 0. The molecule has 10 heavy (non-hydrogen) atoms. The molecule has 0 saturated heterocycles. The van der Waals surface area contributed by atoms with Crippen LogP contribution in [0.2, 0.25) is 0 Å². The van der Waals surface area contributed by atoms with Crippen molar-refractivity contribution < 1.29 is 0 Å². The van der Waals surface area contributed by atoms with Crippen LogP contribution in [-0.4, -0.2) is 0 Å². The Morgan fingerprint density at radius 2 is 1.40 bits per heavy atom. The summed E-state index contributed by atoms with van der Waals surface area (Å²) < 4.78 is 0. The van der Waals surface area contributed by atoms with Crippen molar-refractivity contribution in [2.45, 2.75) is 13.8 Å². The van der Waals surface area contributed by atoms with Gasteiger partial charge in [-0.05, 0) is 18.2 Å². The Kier molecular flexibility index (Phi) is 4.12. The Balaban J connectivity index is 0.000000371. The van der Waals surface area contributed by atoms with Gasteiger partial charge in [0, 0.05) is 11.4 Å². The van der Waals surface area contributed by atoms with Gasteiger partial charge in [0.1, 0.15) is 0 Å². The molecule has 0 aromatic heterocycles. The van der Waals surface area contributed by atoms with E-state index in [1.165, 1.54) is 0 Å². The van der Waals surface area contributed by atoms with Gasteiger partial charge in [-0.1, -0.05) is 19.9 Å². The Labute approximate surface area is 61.8 Å². The second-order valence-corrected chi connectivity index (χ2v) is 1.67. The van der Waals surface area contributed by atoms with Crippen molar-refractivity contribution in [3.63, 3.8) is 0 Å². The molecule has 4 N–H and O–H groups in total. The standard InChI is InChI=1S/C6H8N2.C2H6/c7-5-2-1-3-6(8)4-5;1-2/h1-4H,7-8H2;1-2H3. The highest BCUT2D eigenvalue weighted by Crippen LogP contribution is 2.06. The monoisotopic (exact) mass is 138 g/mol. The number of hydrogen-bond acceptors (Lipinski definition) is 2. The van der Waals surface area contributed by atoms with Gasteiger partial charge < -0.3 is 11.5 Å². The van der Waals surface area contributed by atoms with Crippen molar-refractivity contribution in [1.82, 2.24) is 0 Å². The predicted octanol–water partition coefficient (Wildman–Crippen LogP) is 1.88. The molecule has 0 unspecified atom stereocenters. The molecule has 0 heterocycles. The smallest absolute Gasteiger partial charge is 0.0334 e. The maximum atomic E-state index is 5.38. The highest BCUT2D eigenvalue weighted by molar-refractivity contribution is 5.50. The first-order valence-electron chi connectivity index (χ1n) is 3.40. The lowest BCUT2D eigenvalue weighted by Gasteiger charge is -1.91. The lowest BCUT2D eigenvalue weighted by Crippen LogP contribution is -1.87. The molecule has 0 aliphatic rings. The van der Waals surface area contributed by atoms with Gasteiger partial charge in [-0.15, -0.1) is 0 Å². The Morgan fingerprint density at radius 3 is 1.60 bits per heavy atom. The molecule has 1 rings (SSSR count). The molecule has 0 saturated carbocycles. The summed E-state index contributed by atoms with van der Waals surface area (Å²) in [6.07, 6.45) is 0. The van der Waals surface area contributed by atoms with E-state index in [1.807, 2.05) is 19.9 Å². The molecule has 0 aliphatic heterocycles. The van der Waals surface area contributed by atoms with E-state index in [9.17, 15) is 0 Å². The average Bonchev–Trinajstić information content (AvgIpc) is 1.91. The van der Waals surface area contributed by atoms with Crippen molar-refractivity contribution in [3.8, 4) is 0 Å². The van der Waals surface area contributed by atoms with Crippen LogP contribution in [0.15, 0.2) is 24.3 Å². The van der Waals surface area contributed by atoms with Crippen molar-refractivity contribution in [2.24, 2.45) is 0 Å². The maximum absolute atomic E-state index is 5.38. The molecule has 56 valence electrons. The number of benzene rings is 1. The molecule has 1 aromatic rings. The summed E-state index contributed by atoms with van der Waals surface area (Å²) in [7, 11) is 0. The number of nitrogens with two attached hydrogens (primary N) is 2. The minimum absolute atomic E-state index is 0.713. The van der Waals surface area contributed by atoms with Crippen molar-refractivity contribution in [3.05, 3.63) is 24.3 Å². The molecule has 0 spiro atoms. The molecule has 0 bridgehead atoms. The minimum Gasteiger partial charge on any atom is -0.399 e. The number of nitrogen functional groups attached to an aromatic ring is 2. The zero-order valence-electron chi connectivity index (χ0n) is 6.46. The van der Waals surface area contributed by atoms with Gasteiger partial charge in [-0.2, -0.15) is 0 Å². The minimum atomic E-state index is 0.713. The molecule has 0 radical (unpaired) electrons. The van der Waals surface area contributed by atoms with E-state index in [2.05, 4.69) is 0 Å². The maximum Gasteiger partial charge on any atom is 0.0334 e. The normalized spacial score (nSPS) is 7.80. The first-order valence-corrected chi connectivity index (χ1v) is 3.40. The average molecular weight is 138 g/mol. The number of hydrogen-bond donors (Lipinski definition) is 2. The summed E-state index contributed by atoms with van der Waals surface area (Å²) in [6, 6.07) is 7.15. The van der Waals surface area contributed by atoms with Crippen molar-refractivity contribution in [2.75, 3.05) is 11.5 Å². The van der Waals surface area contributed by atoms with Crippen LogP contribution in [0.1, 0.15) is 13.8 Å². The van der Waals surface area contributed by atoms with E-state index < -0.39 is 0 Å². The van der Waals surface area contributed by atoms with E-state index >= 15 is 0 Å². The van der Waals surface area contributed by atoms with Crippen LogP contribution in [0.5, 0.6) is 0 Å². The van der Waals surface area contributed by atoms with Crippen LogP contribution in [0.4, 0.5) is 11.4 Å². The molecule has 2 heteroatoms. The zero-order chi connectivity index (χ0) is 7.98. The van der Waals surface area contributed by atoms with Crippen molar-refractivity contribution >= 4 is 11.4 Å². The summed E-state index contributed by atoms with van der Waals surface area (Å²) in [5.41, 5.74) is 12.2. The van der Waals surface area contributed by atoms with E-state index in [4.69, 9.17) is 11.5 Å². The molecule has 0 amide bonds. The van der Waals surface area contributed by atoms with Crippen LogP contribution in [0.25, 0.3) is 0 Å². The lowest BCUT2D eigenvalue weighted by molar-refractivity contribution is 1.50. The molecule has 0 atom stereocenters. The zero-order valence-corrected chi connectivity index (χ0v) is 6.46. The SMILES string of the molecule is CC.Nc1cccc(N)c1. The molecule has 0 aliphatic carbocycles. The highest BCUT2D eigenvalue weighted by atomic mass is 14.6. The van der Waals surface area contributed by atoms with Crippen LogP contribution in [0.3, 0.4) is 0 Å². The fraction of sp³-hybridized carbons (Fsp3) is 0.250. The summed E-state index contributed by atoms with van der Waals surface area (Å²) >= 11 is 0. The van der Waals surface area contributed by atoms with Gasteiger partial charge >= 0.3 is 0 Å². The second-order valence-electron chi connectivity index (χ2n) is 1.67. The van der Waals surface area contributed by atoms with E-state index in [0.717, 1.165) is 0 Å². The Morgan fingerprint density at radius 1 is 1.00 bits per heavy atom. The summed E-state index contributed by atoms with van der Waals surface area (Å²) in [6.45, 7) is 4.00. The third-order valence-electron chi connectivity index (χ3n) is 0.911. The Hall–Kier alpha value is -1.18. The predicted molar refractivity (Wildman–Crippen MR) is 46.6 cm³/mol. The summed E-state index contributed by atoms with van der Waals surface area (Å²) in [5, 5.41) is 0. The largest absolute Gasteiger partial charge is 0.399 e. The van der Waals surface area contributed by atoms with Crippen LogP contribution in [-0.2, 0) is 0 Å². The van der Waals surface area contributed by atoms with Gasteiger partial charge in [0.2, 0.25) is 0 Å². The van der Waals surface area contributed by atoms with Gasteiger partial charge in [0.15, 0.2) is 0 Å². The fourth-order valence-electron chi connectivity index (χ4n) is 0.559. The fourth-order valence-corrected chi connectivity index (χ4v) is 0.559. The molecule has 2 nitrogen and oxygen atoms in total. The van der Waals surface area contributed by atoms with Gasteiger partial charge in [-0.3, -0.25) is 0 Å². The van der Waals surface area contributed by atoms with Crippen molar-refractivity contribution in [1.29, 1.82) is 0 Å². The van der Waals surface area contributed by atoms with Crippen LogP contribution in [0, 0.1) is 0 Å². The highest BCUT2D eigenvalue weighted by Gasteiger charge is 1.81. The number of anilines is 2. The number of rotatable bonds is 0. The second kappa shape index (κ2) is 4.68. The molecular formula is C8H14N2. The van der Waals surface area contributed by atoms with Crippen LogP contribution >= 0.6 is 0 Å². The van der Waals surface area contributed by atoms with Gasteiger partial charge in [0.05, 0.1) is 0 Å². The first-order chi connectivity index (χ1) is 4.79. The topological polar surface area (TPSA) is 52.0 Å². The third kappa shape index (κ3) is 2.97. The molecule has 0 fully saturated rings. The van der Waals surface area contributed by atoms with Crippen LogP contribution < -0.4 is 11.5 Å². The quantitative estimate of drug-likeness (QED) is 0.538.